The maximum Gasteiger partial charge on any atom is 0.397 e. The first-order valence-corrected chi connectivity index (χ1v) is 12.8. The van der Waals surface area contributed by atoms with Gasteiger partial charge in [0.2, 0.25) is 0 Å². The number of nitrogens with zero attached hydrogens (tertiary/aromatic N) is 4. The highest BCUT2D eigenvalue weighted by atomic mass is 32.3. The second-order valence-electron chi connectivity index (χ2n) is 8.12. The topological polar surface area (TPSA) is 198 Å². The average molecular weight is 537 g/mol. The molecule has 0 radical (unpaired) electrons. The average Bonchev–Trinajstić information content (AvgIpc) is 3.55. The third kappa shape index (κ3) is 10.3. The molecule has 0 atom stereocenters. The number of rotatable bonds is 18. The molecule has 3 aliphatic rings. The molecule has 0 unspecified atom stereocenters. The Kier molecular flexibility index (Phi) is 11.3. The van der Waals surface area contributed by atoms with Crippen molar-refractivity contribution in [2.24, 2.45) is 0 Å². The zero-order valence-corrected chi connectivity index (χ0v) is 20.7. The van der Waals surface area contributed by atoms with Crippen LogP contribution in [0.3, 0.4) is 0 Å². The van der Waals surface area contributed by atoms with Gasteiger partial charge >= 0.3 is 10.4 Å². The molecule has 17 nitrogen and oxygen atoms in total. The van der Waals surface area contributed by atoms with Crippen LogP contribution in [0.2, 0.25) is 0 Å². The predicted molar refractivity (Wildman–Crippen MR) is 126 cm³/mol. The summed E-state index contributed by atoms with van der Waals surface area (Å²) in [7, 11) is -4.40. The Morgan fingerprint density at radius 2 is 1.25 bits per heavy atom. The van der Waals surface area contributed by atoms with E-state index in [1.807, 2.05) is 18.6 Å². The Hall–Kier alpha value is -2.39. The van der Waals surface area contributed by atoms with Crippen molar-refractivity contribution in [1.82, 2.24) is 52.8 Å². The maximum atomic E-state index is 10.5. The molecule has 0 saturated heterocycles. The maximum absolute atomic E-state index is 10.5. The van der Waals surface area contributed by atoms with Crippen molar-refractivity contribution in [2.45, 2.75) is 12.8 Å². The number of aliphatic hydroxyl groups excluding tert-OH is 2. The minimum atomic E-state index is -4.40. The fourth-order valence-corrected chi connectivity index (χ4v) is 3.81. The van der Waals surface area contributed by atoms with Crippen LogP contribution in [-0.4, -0.2) is 109 Å². The zero-order chi connectivity index (χ0) is 25.8. The van der Waals surface area contributed by atoms with Crippen LogP contribution in [0.5, 0.6) is 0 Å². The summed E-state index contributed by atoms with van der Waals surface area (Å²) >= 11 is 0. The lowest BCUT2D eigenvalue weighted by atomic mass is 10.3. The molecule has 0 amide bonds. The Bertz CT molecular complexity index is 853. The number of hydrogen-bond donors (Lipinski definition) is 9. The molecule has 9 N–H and O–H groups in total. The first-order valence-electron chi connectivity index (χ1n) is 11.5. The van der Waals surface area contributed by atoms with Gasteiger partial charge in [-0.3, -0.25) is 24.5 Å². The lowest BCUT2D eigenvalue weighted by molar-refractivity contribution is 0.0270. The van der Waals surface area contributed by atoms with Gasteiger partial charge in [-0.15, -0.1) is 16.6 Å². The van der Waals surface area contributed by atoms with Crippen molar-refractivity contribution in [3.8, 4) is 0 Å². The quantitative estimate of drug-likeness (QED) is 0.0613. The van der Waals surface area contributed by atoms with E-state index >= 15 is 0 Å². The van der Waals surface area contributed by atoms with Gasteiger partial charge in [-0.1, -0.05) is 0 Å². The summed E-state index contributed by atoms with van der Waals surface area (Å²) in [6.45, 7) is 3.33. The van der Waals surface area contributed by atoms with Crippen molar-refractivity contribution < 1.29 is 32.1 Å². The third-order valence-corrected chi connectivity index (χ3v) is 5.49. The van der Waals surface area contributed by atoms with Gasteiger partial charge < -0.3 is 31.2 Å². The SMILES string of the molecule is O=S(=O)(O)OCCCCOCN1C=C(CN(CC2=CN(CCO)NN2)CC2=CN(CCO)NN2)NN1. The molecule has 0 saturated carbocycles. The smallest absolute Gasteiger partial charge is 0.394 e. The van der Waals surface area contributed by atoms with Crippen LogP contribution < -0.4 is 32.9 Å². The lowest BCUT2D eigenvalue weighted by Crippen LogP contribution is -2.42. The number of hydrazine groups is 6. The molecule has 0 bridgehead atoms. The highest BCUT2D eigenvalue weighted by Gasteiger charge is 2.21. The molecule has 0 aliphatic carbocycles. The van der Waals surface area contributed by atoms with E-state index in [-0.39, 0.29) is 26.6 Å². The first-order chi connectivity index (χ1) is 17.3. The van der Waals surface area contributed by atoms with Gasteiger partial charge in [-0.05, 0) is 12.8 Å². The van der Waals surface area contributed by atoms with E-state index in [1.54, 1.807) is 15.0 Å². The minimum Gasteiger partial charge on any atom is -0.394 e. The highest BCUT2D eigenvalue weighted by Crippen LogP contribution is 2.10. The summed E-state index contributed by atoms with van der Waals surface area (Å²) in [4.78, 5) is 2.19. The largest absolute Gasteiger partial charge is 0.397 e. The van der Waals surface area contributed by atoms with Crippen LogP contribution in [0.4, 0.5) is 0 Å². The Morgan fingerprint density at radius 3 is 1.75 bits per heavy atom. The van der Waals surface area contributed by atoms with Crippen molar-refractivity contribution >= 4 is 10.4 Å². The summed E-state index contributed by atoms with van der Waals surface area (Å²) in [6, 6.07) is 0. The van der Waals surface area contributed by atoms with E-state index in [4.69, 9.17) is 19.5 Å². The third-order valence-electron chi connectivity index (χ3n) is 5.02. The minimum absolute atomic E-state index is 0.0318. The number of ether oxygens (including phenoxy) is 1. The molecule has 0 fully saturated rings. The standard InChI is InChI=1S/C18H36N10O7S/c29-5-3-26-12-16(19-22-26)9-25(10-17-13-27(4-6-30)23-20-17)11-18-14-28(24-21-18)15-34-7-1-2-8-35-36(31,32)33/h12-14,19-24,29-30H,1-11,15H2,(H,31,32,33). The monoisotopic (exact) mass is 536 g/mol. The van der Waals surface area contributed by atoms with E-state index in [0.29, 0.717) is 52.2 Å². The summed E-state index contributed by atoms with van der Waals surface area (Å²) in [5.74, 6) is 0. The number of aliphatic hydroxyl groups is 2. The molecule has 3 heterocycles. The van der Waals surface area contributed by atoms with Crippen molar-refractivity contribution in [3.63, 3.8) is 0 Å². The number of hydrogen-bond acceptors (Lipinski definition) is 16. The highest BCUT2D eigenvalue weighted by molar-refractivity contribution is 7.80. The molecule has 206 valence electrons. The van der Waals surface area contributed by atoms with Gasteiger partial charge in [-0.2, -0.15) is 8.42 Å². The van der Waals surface area contributed by atoms with Gasteiger partial charge in [0.05, 0.1) is 50.0 Å². The van der Waals surface area contributed by atoms with Crippen LogP contribution in [0.15, 0.2) is 35.7 Å². The molecular formula is C18H36N10O7S. The fourth-order valence-electron chi connectivity index (χ4n) is 3.48. The Labute approximate surface area is 210 Å². The summed E-state index contributed by atoms with van der Waals surface area (Å²) in [5, 5.41) is 23.6. The summed E-state index contributed by atoms with van der Waals surface area (Å²) in [5.41, 5.74) is 21.1. The van der Waals surface area contributed by atoms with Gasteiger partial charge in [0.1, 0.15) is 6.73 Å². The number of β-amino-alcohol motifs (C(OH)–C–C–N with tert-alkyl or cyclic N) is 2. The number of nitrogens with one attached hydrogen (secondary N) is 6. The van der Waals surface area contributed by atoms with Crippen LogP contribution >= 0.6 is 0 Å². The Morgan fingerprint density at radius 1 is 0.778 bits per heavy atom. The van der Waals surface area contributed by atoms with Gasteiger partial charge in [0.15, 0.2) is 0 Å². The fraction of sp³-hybridized carbons (Fsp3) is 0.667. The molecular weight excluding hydrogens is 500 g/mol. The molecule has 0 aromatic carbocycles. The molecule has 18 heteroatoms. The van der Waals surface area contributed by atoms with E-state index in [2.05, 4.69) is 42.0 Å². The van der Waals surface area contributed by atoms with Gasteiger partial charge in [0, 0.05) is 44.8 Å². The Balaban J connectivity index is 1.46. The second-order valence-corrected chi connectivity index (χ2v) is 9.21. The van der Waals surface area contributed by atoms with Crippen LogP contribution in [0.1, 0.15) is 12.8 Å². The predicted octanol–water partition coefficient (Wildman–Crippen LogP) is -3.65. The van der Waals surface area contributed by atoms with Crippen LogP contribution in [-0.2, 0) is 19.3 Å². The van der Waals surface area contributed by atoms with E-state index in [0.717, 1.165) is 17.1 Å². The molecule has 3 rings (SSSR count). The molecule has 36 heavy (non-hydrogen) atoms. The molecule has 3 aliphatic heterocycles. The lowest BCUT2D eigenvalue weighted by Gasteiger charge is -2.23. The van der Waals surface area contributed by atoms with Gasteiger partial charge in [0.25, 0.3) is 0 Å². The molecule has 0 spiro atoms. The molecule has 0 aromatic rings. The van der Waals surface area contributed by atoms with E-state index in [9.17, 15) is 8.42 Å². The summed E-state index contributed by atoms with van der Waals surface area (Å²) in [6.07, 6.45) is 6.73. The van der Waals surface area contributed by atoms with Crippen molar-refractivity contribution in [1.29, 1.82) is 0 Å². The first kappa shape index (κ1) is 28.2. The zero-order valence-electron chi connectivity index (χ0n) is 19.9. The number of unbranched alkanes of at least 4 members (excludes halogenated alkanes) is 1. The van der Waals surface area contributed by atoms with Crippen molar-refractivity contribution in [3.05, 3.63) is 35.7 Å². The van der Waals surface area contributed by atoms with Crippen LogP contribution in [0.25, 0.3) is 0 Å². The van der Waals surface area contributed by atoms with E-state index < -0.39 is 10.4 Å². The van der Waals surface area contributed by atoms with Crippen molar-refractivity contribution in [2.75, 3.05) is 65.9 Å². The van der Waals surface area contributed by atoms with Crippen LogP contribution in [0, 0.1) is 0 Å². The second kappa shape index (κ2) is 14.4. The van der Waals surface area contributed by atoms with Gasteiger partial charge in [-0.25, -0.2) is 4.18 Å². The normalized spacial score (nSPS) is 17.8. The summed E-state index contributed by atoms with van der Waals surface area (Å²) < 4.78 is 39.4. The van der Waals surface area contributed by atoms with E-state index in [1.165, 1.54) is 0 Å². The molecule has 0 aromatic heterocycles.